The van der Waals surface area contributed by atoms with Crippen molar-refractivity contribution in [3.63, 3.8) is 0 Å². The topological polar surface area (TPSA) is 24.9 Å². The Bertz CT molecular complexity index is 540. The molecular weight excluding hydrogens is 300 g/mol. The van der Waals surface area contributed by atoms with E-state index in [9.17, 15) is 0 Å². The van der Waals surface area contributed by atoms with Gasteiger partial charge in [0.2, 0.25) is 0 Å². The zero-order valence-corrected chi connectivity index (χ0v) is 12.9. The number of pyridine rings is 1. The van der Waals surface area contributed by atoms with Gasteiger partial charge >= 0.3 is 0 Å². The summed E-state index contributed by atoms with van der Waals surface area (Å²) in [4.78, 5) is 4.42. The fourth-order valence-electron chi connectivity index (χ4n) is 2.14. The van der Waals surface area contributed by atoms with Crippen LogP contribution >= 0.6 is 15.9 Å². The van der Waals surface area contributed by atoms with E-state index in [0.29, 0.717) is 6.04 Å². The summed E-state index contributed by atoms with van der Waals surface area (Å²) in [6, 6.07) is 12.9. The van der Waals surface area contributed by atoms with E-state index in [-0.39, 0.29) is 0 Å². The van der Waals surface area contributed by atoms with Gasteiger partial charge in [-0.15, -0.1) is 0 Å². The Morgan fingerprint density at radius 3 is 2.79 bits per heavy atom. The molecule has 3 heteroatoms. The van der Waals surface area contributed by atoms with Crippen LogP contribution in [0.4, 0.5) is 0 Å². The molecule has 0 fully saturated rings. The van der Waals surface area contributed by atoms with Gasteiger partial charge in [-0.05, 0) is 42.7 Å². The van der Waals surface area contributed by atoms with Gasteiger partial charge in [-0.2, -0.15) is 0 Å². The third-order valence-electron chi connectivity index (χ3n) is 3.29. The fraction of sp³-hybridized carbons (Fsp3) is 0.312. The average Bonchev–Trinajstić information content (AvgIpc) is 2.41. The van der Waals surface area contributed by atoms with Gasteiger partial charge in [-0.25, -0.2) is 0 Å². The normalized spacial score (nSPS) is 12.4. The Morgan fingerprint density at radius 2 is 2.11 bits per heavy atom. The number of halogens is 1. The summed E-state index contributed by atoms with van der Waals surface area (Å²) in [5.74, 6) is 0. The molecule has 0 aliphatic rings. The summed E-state index contributed by atoms with van der Waals surface area (Å²) in [6.07, 6.45) is 2.91. The fourth-order valence-corrected chi connectivity index (χ4v) is 2.56. The van der Waals surface area contributed by atoms with Crippen LogP contribution in [0.5, 0.6) is 0 Å². The molecule has 1 unspecified atom stereocenters. The van der Waals surface area contributed by atoms with Crippen molar-refractivity contribution >= 4 is 15.9 Å². The number of aryl methyl sites for hydroxylation is 1. The van der Waals surface area contributed by atoms with Crippen LogP contribution in [0.2, 0.25) is 0 Å². The number of benzene rings is 1. The largest absolute Gasteiger partial charge is 0.304 e. The van der Waals surface area contributed by atoms with Gasteiger partial charge in [0, 0.05) is 23.3 Å². The number of hydrogen-bond donors (Lipinski definition) is 1. The van der Waals surface area contributed by atoms with Crippen LogP contribution in [0.3, 0.4) is 0 Å². The molecule has 2 rings (SSSR count). The number of aromatic nitrogens is 1. The Labute approximate surface area is 123 Å². The third-order valence-corrected chi connectivity index (χ3v) is 3.79. The summed E-state index contributed by atoms with van der Waals surface area (Å²) >= 11 is 3.53. The second-order valence-electron chi connectivity index (χ2n) is 4.66. The standard InChI is InChI=1S/C16H19BrN2/c1-3-15(13-7-4-8-14(17)10-13)19-11-16-12(2)6-5-9-18-16/h4-10,15,19H,3,11H2,1-2H3. The van der Waals surface area contributed by atoms with Crippen molar-refractivity contribution in [1.29, 1.82) is 0 Å². The summed E-state index contributed by atoms with van der Waals surface area (Å²) in [5, 5.41) is 3.59. The molecule has 0 saturated heterocycles. The Kier molecular flexibility index (Phi) is 5.11. The van der Waals surface area contributed by atoms with Crippen LogP contribution in [0.1, 0.15) is 36.2 Å². The van der Waals surface area contributed by atoms with E-state index in [1.54, 1.807) is 0 Å². The molecule has 1 heterocycles. The second-order valence-corrected chi connectivity index (χ2v) is 5.58. The molecule has 2 nitrogen and oxygen atoms in total. The lowest BCUT2D eigenvalue weighted by molar-refractivity contribution is 0.513. The van der Waals surface area contributed by atoms with E-state index in [4.69, 9.17) is 0 Å². The first kappa shape index (κ1) is 14.2. The first-order chi connectivity index (χ1) is 9.20. The maximum atomic E-state index is 4.42. The first-order valence-corrected chi connectivity index (χ1v) is 7.39. The van der Waals surface area contributed by atoms with Gasteiger partial charge in [0.25, 0.3) is 0 Å². The molecule has 1 aromatic heterocycles. The number of nitrogens with zero attached hydrogens (tertiary/aromatic N) is 1. The lowest BCUT2D eigenvalue weighted by atomic mass is 10.0. The van der Waals surface area contributed by atoms with Crippen LogP contribution < -0.4 is 5.32 Å². The highest BCUT2D eigenvalue weighted by Crippen LogP contribution is 2.21. The zero-order chi connectivity index (χ0) is 13.7. The maximum Gasteiger partial charge on any atom is 0.0570 e. The molecule has 2 aromatic rings. The minimum atomic E-state index is 0.360. The molecule has 0 spiro atoms. The van der Waals surface area contributed by atoms with Gasteiger partial charge in [0.05, 0.1) is 5.69 Å². The van der Waals surface area contributed by atoms with E-state index < -0.39 is 0 Å². The summed E-state index contributed by atoms with van der Waals surface area (Å²) < 4.78 is 1.12. The van der Waals surface area contributed by atoms with Crippen molar-refractivity contribution in [3.05, 3.63) is 63.9 Å². The van der Waals surface area contributed by atoms with Crippen molar-refractivity contribution < 1.29 is 0 Å². The average molecular weight is 319 g/mol. The molecule has 0 bridgehead atoms. The van der Waals surface area contributed by atoms with Gasteiger partial charge in [-0.1, -0.05) is 41.1 Å². The predicted molar refractivity (Wildman–Crippen MR) is 83.0 cm³/mol. The molecule has 1 atom stereocenters. The molecule has 0 aliphatic heterocycles. The van der Waals surface area contributed by atoms with Crippen molar-refractivity contribution in [2.45, 2.75) is 32.9 Å². The Balaban J connectivity index is 2.06. The quantitative estimate of drug-likeness (QED) is 0.884. The van der Waals surface area contributed by atoms with Crippen molar-refractivity contribution in [1.82, 2.24) is 10.3 Å². The highest BCUT2D eigenvalue weighted by molar-refractivity contribution is 9.10. The lowest BCUT2D eigenvalue weighted by Crippen LogP contribution is -2.21. The number of rotatable bonds is 5. The summed E-state index contributed by atoms with van der Waals surface area (Å²) in [5.41, 5.74) is 3.67. The Morgan fingerprint density at radius 1 is 1.26 bits per heavy atom. The van der Waals surface area contributed by atoms with Crippen LogP contribution in [0.15, 0.2) is 47.1 Å². The van der Waals surface area contributed by atoms with Crippen LogP contribution in [-0.4, -0.2) is 4.98 Å². The van der Waals surface area contributed by atoms with E-state index in [1.165, 1.54) is 11.1 Å². The Hall–Kier alpha value is -1.19. The zero-order valence-electron chi connectivity index (χ0n) is 11.4. The molecule has 1 aromatic carbocycles. The predicted octanol–water partition coefficient (Wildman–Crippen LogP) is 4.39. The van der Waals surface area contributed by atoms with E-state index in [0.717, 1.165) is 23.1 Å². The summed E-state index contributed by atoms with van der Waals surface area (Å²) in [7, 11) is 0. The van der Waals surface area contributed by atoms with Crippen molar-refractivity contribution in [3.8, 4) is 0 Å². The monoisotopic (exact) mass is 318 g/mol. The van der Waals surface area contributed by atoms with Crippen LogP contribution in [0, 0.1) is 6.92 Å². The molecule has 0 amide bonds. The molecule has 0 saturated carbocycles. The van der Waals surface area contributed by atoms with Gasteiger partial charge in [0.15, 0.2) is 0 Å². The molecular formula is C16H19BrN2. The minimum Gasteiger partial charge on any atom is -0.304 e. The third kappa shape index (κ3) is 3.88. The van der Waals surface area contributed by atoms with Crippen molar-refractivity contribution in [2.75, 3.05) is 0 Å². The van der Waals surface area contributed by atoms with Gasteiger partial charge < -0.3 is 5.32 Å². The minimum absolute atomic E-state index is 0.360. The molecule has 0 radical (unpaired) electrons. The summed E-state index contributed by atoms with van der Waals surface area (Å²) in [6.45, 7) is 5.10. The smallest absolute Gasteiger partial charge is 0.0570 e. The van der Waals surface area contributed by atoms with Crippen LogP contribution in [0.25, 0.3) is 0 Å². The molecule has 0 aliphatic carbocycles. The van der Waals surface area contributed by atoms with Gasteiger partial charge in [0.1, 0.15) is 0 Å². The number of nitrogens with one attached hydrogen (secondary N) is 1. The molecule has 1 N–H and O–H groups in total. The molecule has 100 valence electrons. The van der Waals surface area contributed by atoms with E-state index >= 15 is 0 Å². The highest BCUT2D eigenvalue weighted by Gasteiger charge is 2.09. The van der Waals surface area contributed by atoms with Crippen LogP contribution in [-0.2, 0) is 6.54 Å². The lowest BCUT2D eigenvalue weighted by Gasteiger charge is -2.18. The number of hydrogen-bond acceptors (Lipinski definition) is 2. The highest BCUT2D eigenvalue weighted by atomic mass is 79.9. The first-order valence-electron chi connectivity index (χ1n) is 6.60. The van der Waals surface area contributed by atoms with E-state index in [1.807, 2.05) is 12.3 Å². The molecule has 19 heavy (non-hydrogen) atoms. The second kappa shape index (κ2) is 6.83. The SMILES string of the molecule is CCC(NCc1ncccc1C)c1cccc(Br)c1. The van der Waals surface area contributed by atoms with E-state index in [2.05, 4.69) is 70.4 Å². The maximum absolute atomic E-state index is 4.42. The van der Waals surface area contributed by atoms with Gasteiger partial charge in [-0.3, -0.25) is 4.98 Å². The van der Waals surface area contributed by atoms with Crippen molar-refractivity contribution in [2.24, 2.45) is 0 Å².